The Balaban J connectivity index is 1.72. The normalized spacial score (nSPS) is 16.6. The highest BCUT2D eigenvalue weighted by molar-refractivity contribution is 6.31. The van der Waals surface area contributed by atoms with Crippen molar-refractivity contribution < 1.29 is 0 Å². The van der Waals surface area contributed by atoms with Gasteiger partial charge in [-0.3, -0.25) is 0 Å². The van der Waals surface area contributed by atoms with E-state index in [-0.39, 0.29) is 0 Å². The highest BCUT2D eigenvalue weighted by Gasteiger charge is 2.32. The lowest BCUT2D eigenvalue weighted by Gasteiger charge is -2.44. The van der Waals surface area contributed by atoms with Crippen molar-refractivity contribution in [2.45, 2.75) is 13.0 Å². The number of allylic oxidation sites excluding steroid dienone is 4. The Kier molecular flexibility index (Phi) is 7.94. The number of anilines is 2. The highest BCUT2D eigenvalue weighted by atomic mass is 35.5. The molecule has 2 aliphatic heterocycles. The molecule has 0 saturated carbocycles. The second kappa shape index (κ2) is 11.3. The van der Waals surface area contributed by atoms with Gasteiger partial charge in [-0.25, -0.2) is 0 Å². The number of piperazine rings is 1. The summed E-state index contributed by atoms with van der Waals surface area (Å²) >= 11 is 6.67. The molecule has 5 heteroatoms. The van der Waals surface area contributed by atoms with Crippen molar-refractivity contribution in [3.8, 4) is 0 Å². The van der Waals surface area contributed by atoms with Crippen LogP contribution >= 0.6 is 11.6 Å². The molecule has 0 unspecified atom stereocenters. The highest BCUT2D eigenvalue weighted by Crippen LogP contribution is 2.46. The lowest BCUT2D eigenvalue weighted by Crippen LogP contribution is -2.45. The Morgan fingerprint density at radius 3 is 2.41 bits per heavy atom. The number of benzene rings is 2. The number of hydrogen-bond acceptors (Lipinski definition) is 4. The van der Waals surface area contributed by atoms with E-state index in [1.54, 1.807) is 6.08 Å². The first-order valence-electron chi connectivity index (χ1n) is 11.8. The van der Waals surface area contributed by atoms with Gasteiger partial charge in [0.1, 0.15) is 5.82 Å². The lowest BCUT2D eigenvalue weighted by atomic mass is 10.00. The molecule has 0 spiro atoms. The van der Waals surface area contributed by atoms with Gasteiger partial charge < -0.3 is 20.0 Å². The molecule has 0 radical (unpaired) electrons. The molecule has 1 N–H and O–H groups in total. The Morgan fingerprint density at radius 2 is 1.68 bits per heavy atom. The number of nitrogens with one attached hydrogen (secondary N) is 1. The van der Waals surface area contributed by atoms with Gasteiger partial charge >= 0.3 is 0 Å². The van der Waals surface area contributed by atoms with Crippen molar-refractivity contribution in [3.63, 3.8) is 0 Å². The summed E-state index contributed by atoms with van der Waals surface area (Å²) in [4.78, 5) is 6.93. The molecule has 4 nitrogen and oxygen atoms in total. The average Bonchev–Trinajstić information content (AvgIpc) is 2.86. The van der Waals surface area contributed by atoms with E-state index in [0.717, 1.165) is 79.2 Å². The fourth-order valence-electron chi connectivity index (χ4n) is 4.54. The molecule has 176 valence electrons. The Morgan fingerprint density at radius 1 is 0.941 bits per heavy atom. The van der Waals surface area contributed by atoms with Gasteiger partial charge in [0.2, 0.25) is 0 Å². The molecule has 2 aromatic rings. The lowest BCUT2D eigenvalue weighted by molar-refractivity contribution is 0.456. The third-order valence-electron chi connectivity index (χ3n) is 6.24. The molecule has 2 aliphatic rings. The second-order valence-corrected chi connectivity index (χ2v) is 8.92. The van der Waals surface area contributed by atoms with Crippen molar-refractivity contribution >= 4 is 28.7 Å². The van der Waals surface area contributed by atoms with E-state index in [0.29, 0.717) is 0 Å². The standard InChI is InChI=1S/C29H33ClN4/c1-4-5-6-7-8-12-17-33-24(3)34(22-25-13-10-9-11-14-25)23(2)29-27(20-26(30)21-28(29)33)32-18-15-31-16-19-32/h4-11,13-14,20-21,31H,1-3,12,15-19,22H2/b6-5-,8-7-. The Labute approximate surface area is 208 Å². The van der Waals surface area contributed by atoms with Gasteiger partial charge in [-0.2, -0.15) is 0 Å². The molecule has 1 fully saturated rings. The van der Waals surface area contributed by atoms with Gasteiger partial charge in [-0.1, -0.05) is 92.0 Å². The van der Waals surface area contributed by atoms with Crippen molar-refractivity contribution in [2.75, 3.05) is 42.5 Å². The summed E-state index contributed by atoms with van der Waals surface area (Å²) in [6, 6.07) is 14.6. The SMILES string of the molecule is C=C/C=C\C=C/CCN1C(=C)N(Cc2ccccc2)C(=C)c2c(N3CCNCC3)cc(Cl)cc21. The van der Waals surface area contributed by atoms with Crippen LogP contribution in [0.3, 0.4) is 0 Å². The van der Waals surface area contributed by atoms with E-state index < -0.39 is 0 Å². The predicted octanol–water partition coefficient (Wildman–Crippen LogP) is 6.20. The molecule has 0 atom stereocenters. The summed E-state index contributed by atoms with van der Waals surface area (Å²) in [7, 11) is 0. The third kappa shape index (κ3) is 5.30. The molecule has 1 saturated heterocycles. The predicted molar refractivity (Wildman–Crippen MR) is 147 cm³/mol. The zero-order valence-corrected chi connectivity index (χ0v) is 20.5. The molecule has 0 bridgehead atoms. The van der Waals surface area contributed by atoms with Crippen LogP contribution in [0.2, 0.25) is 5.02 Å². The van der Waals surface area contributed by atoms with E-state index in [4.69, 9.17) is 11.6 Å². The number of fused-ring (bicyclic) bond motifs is 1. The molecule has 2 heterocycles. The number of rotatable bonds is 8. The zero-order valence-electron chi connectivity index (χ0n) is 19.7. The van der Waals surface area contributed by atoms with Crippen LogP contribution in [0.1, 0.15) is 17.5 Å². The van der Waals surface area contributed by atoms with Crippen molar-refractivity contribution in [3.05, 3.63) is 115 Å². The van der Waals surface area contributed by atoms with Crippen LogP contribution in [0.4, 0.5) is 11.4 Å². The van der Waals surface area contributed by atoms with Crippen molar-refractivity contribution in [1.29, 1.82) is 0 Å². The molecular weight excluding hydrogens is 440 g/mol. The third-order valence-corrected chi connectivity index (χ3v) is 6.46. The van der Waals surface area contributed by atoms with Gasteiger partial charge in [0.25, 0.3) is 0 Å². The Hall–Kier alpha value is -3.21. The van der Waals surface area contributed by atoms with Crippen LogP contribution in [0.25, 0.3) is 5.70 Å². The van der Waals surface area contributed by atoms with Gasteiger partial charge in [0.15, 0.2) is 0 Å². The summed E-state index contributed by atoms with van der Waals surface area (Å²) in [5.41, 5.74) is 5.56. The van der Waals surface area contributed by atoms with E-state index in [9.17, 15) is 0 Å². The molecule has 0 aliphatic carbocycles. The number of nitrogens with zero attached hydrogens (tertiary/aromatic N) is 3. The van der Waals surface area contributed by atoms with Crippen LogP contribution in [0, 0.1) is 0 Å². The smallest absolute Gasteiger partial charge is 0.106 e. The number of hydrogen-bond donors (Lipinski definition) is 1. The van der Waals surface area contributed by atoms with Crippen LogP contribution in [-0.2, 0) is 6.54 Å². The largest absolute Gasteiger partial charge is 0.368 e. The van der Waals surface area contributed by atoms with E-state index >= 15 is 0 Å². The average molecular weight is 473 g/mol. The first-order chi connectivity index (χ1) is 16.6. The van der Waals surface area contributed by atoms with Crippen molar-refractivity contribution in [1.82, 2.24) is 10.2 Å². The molecule has 0 amide bonds. The van der Waals surface area contributed by atoms with Crippen LogP contribution in [0.15, 0.2) is 98.4 Å². The molecule has 2 aromatic carbocycles. The quantitative estimate of drug-likeness (QED) is 0.461. The van der Waals surface area contributed by atoms with Crippen LogP contribution in [-0.4, -0.2) is 37.6 Å². The second-order valence-electron chi connectivity index (χ2n) is 8.48. The molecule has 34 heavy (non-hydrogen) atoms. The van der Waals surface area contributed by atoms with Crippen LogP contribution in [0.5, 0.6) is 0 Å². The van der Waals surface area contributed by atoms with E-state index in [1.165, 1.54) is 5.56 Å². The minimum absolute atomic E-state index is 0.718. The number of halogens is 1. The monoisotopic (exact) mass is 472 g/mol. The fraction of sp³-hybridized carbons (Fsp3) is 0.241. The van der Waals surface area contributed by atoms with Gasteiger partial charge in [-0.15, -0.1) is 0 Å². The topological polar surface area (TPSA) is 21.8 Å². The zero-order chi connectivity index (χ0) is 23.9. The minimum Gasteiger partial charge on any atom is -0.368 e. The maximum absolute atomic E-state index is 6.67. The molecular formula is C29H33ClN4. The first kappa shape index (κ1) is 23.9. The summed E-state index contributed by atoms with van der Waals surface area (Å²) in [6.07, 6.45) is 10.8. The van der Waals surface area contributed by atoms with Gasteiger partial charge in [0.05, 0.1) is 5.69 Å². The summed E-state index contributed by atoms with van der Waals surface area (Å²) in [5, 5.41) is 4.18. The van der Waals surface area contributed by atoms with Crippen molar-refractivity contribution in [2.24, 2.45) is 0 Å². The summed E-state index contributed by atoms with van der Waals surface area (Å²) in [6.45, 7) is 18.1. The molecule has 4 rings (SSSR count). The van der Waals surface area contributed by atoms with Gasteiger partial charge in [0, 0.05) is 61.2 Å². The fourth-order valence-corrected chi connectivity index (χ4v) is 4.75. The maximum atomic E-state index is 6.67. The van der Waals surface area contributed by atoms with Crippen LogP contribution < -0.4 is 15.1 Å². The summed E-state index contributed by atoms with van der Waals surface area (Å²) in [5.74, 6) is 0.921. The summed E-state index contributed by atoms with van der Waals surface area (Å²) < 4.78 is 0. The maximum Gasteiger partial charge on any atom is 0.106 e. The minimum atomic E-state index is 0.718. The first-order valence-corrected chi connectivity index (χ1v) is 12.2. The Bertz CT molecular complexity index is 1100. The van der Waals surface area contributed by atoms with E-state index in [2.05, 4.69) is 88.3 Å². The molecule has 0 aromatic heterocycles. The van der Waals surface area contributed by atoms with E-state index in [1.807, 2.05) is 18.2 Å². The van der Waals surface area contributed by atoms with Gasteiger partial charge in [-0.05, 0) is 24.1 Å².